The number of aryl methyl sites for hydroxylation is 1. The van der Waals surface area contributed by atoms with Crippen LogP contribution in [-0.2, 0) is 0 Å². The lowest BCUT2D eigenvalue weighted by Gasteiger charge is -2.10. The van der Waals surface area contributed by atoms with Crippen molar-refractivity contribution in [1.82, 2.24) is 5.32 Å². The van der Waals surface area contributed by atoms with Crippen LogP contribution in [0.3, 0.4) is 0 Å². The van der Waals surface area contributed by atoms with Crippen molar-refractivity contribution in [3.05, 3.63) is 28.8 Å². The highest BCUT2D eigenvalue weighted by molar-refractivity contribution is 6.30. The highest BCUT2D eigenvalue weighted by atomic mass is 35.5. The minimum atomic E-state index is -0.170. The molecule has 0 radical (unpaired) electrons. The summed E-state index contributed by atoms with van der Waals surface area (Å²) in [5, 5.41) is 6.30. The van der Waals surface area contributed by atoms with Gasteiger partial charge < -0.3 is 10.6 Å². The van der Waals surface area contributed by atoms with E-state index in [9.17, 15) is 4.79 Å². The average molecular weight is 255 g/mol. The predicted molar refractivity (Wildman–Crippen MR) is 72.7 cm³/mol. The molecule has 0 aliphatic heterocycles. The van der Waals surface area contributed by atoms with Crippen LogP contribution >= 0.6 is 11.6 Å². The van der Waals surface area contributed by atoms with Crippen LogP contribution in [0.2, 0.25) is 5.02 Å². The third-order valence-electron chi connectivity index (χ3n) is 2.44. The predicted octanol–water partition coefficient (Wildman–Crippen LogP) is 3.82. The van der Waals surface area contributed by atoms with Crippen molar-refractivity contribution in [2.45, 2.75) is 27.2 Å². The Bertz CT molecular complexity index is 391. The molecule has 0 aromatic heterocycles. The minimum absolute atomic E-state index is 0.170. The Morgan fingerprint density at radius 1 is 1.41 bits per heavy atom. The SMILES string of the molecule is Cc1cc(Cl)ccc1NC(=O)NCCC(C)C. The Labute approximate surface area is 108 Å². The minimum Gasteiger partial charge on any atom is -0.338 e. The molecule has 1 aromatic rings. The molecule has 4 heteroatoms. The van der Waals surface area contributed by atoms with Crippen molar-refractivity contribution in [1.29, 1.82) is 0 Å². The topological polar surface area (TPSA) is 41.1 Å². The maximum atomic E-state index is 11.6. The largest absolute Gasteiger partial charge is 0.338 e. The second-order valence-corrected chi connectivity index (χ2v) is 4.96. The first kappa shape index (κ1) is 13.8. The van der Waals surface area contributed by atoms with Gasteiger partial charge in [0.2, 0.25) is 0 Å². The van der Waals surface area contributed by atoms with E-state index in [1.807, 2.05) is 13.0 Å². The molecular weight excluding hydrogens is 236 g/mol. The monoisotopic (exact) mass is 254 g/mol. The van der Waals surface area contributed by atoms with Crippen LogP contribution in [-0.4, -0.2) is 12.6 Å². The summed E-state index contributed by atoms with van der Waals surface area (Å²) in [6, 6.07) is 5.22. The number of benzene rings is 1. The summed E-state index contributed by atoms with van der Waals surface area (Å²) >= 11 is 5.84. The molecule has 0 unspecified atom stereocenters. The fourth-order valence-corrected chi connectivity index (χ4v) is 1.63. The standard InChI is InChI=1S/C13H19ClN2O/c1-9(2)6-7-15-13(17)16-12-5-4-11(14)8-10(12)3/h4-5,8-9H,6-7H2,1-3H3,(H2,15,16,17). The van der Waals surface area contributed by atoms with E-state index in [1.165, 1.54) is 0 Å². The Kier molecular flexibility index (Phi) is 5.29. The number of urea groups is 1. The molecule has 0 fully saturated rings. The fraction of sp³-hybridized carbons (Fsp3) is 0.462. The maximum absolute atomic E-state index is 11.6. The van der Waals surface area contributed by atoms with Crippen molar-refractivity contribution in [2.75, 3.05) is 11.9 Å². The van der Waals surface area contributed by atoms with Crippen molar-refractivity contribution in [3.63, 3.8) is 0 Å². The van der Waals surface area contributed by atoms with E-state index in [2.05, 4.69) is 24.5 Å². The summed E-state index contributed by atoms with van der Waals surface area (Å²) in [5.41, 5.74) is 1.74. The van der Waals surface area contributed by atoms with E-state index in [0.717, 1.165) is 17.7 Å². The number of halogens is 1. The highest BCUT2D eigenvalue weighted by Gasteiger charge is 2.04. The lowest BCUT2D eigenvalue weighted by Crippen LogP contribution is -2.30. The molecule has 0 bridgehead atoms. The van der Waals surface area contributed by atoms with Crippen LogP contribution in [0.1, 0.15) is 25.8 Å². The van der Waals surface area contributed by atoms with Crippen LogP contribution in [0.25, 0.3) is 0 Å². The van der Waals surface area contributed by atoms with Gasteiger partial charge in [0, 0.05) is 17.3 Å². The van der Waals surface area contributed by atoms with Crippen molar-refractivity contribution < 1.29 is 4.79 Å². The number of hydrogen-bond donors (Lipinski definition) is 2. The molecule has 0 heterocycles. The van der Waals surface area contributed by atoms with E-state index in [4.69, 9.17) is 11.6 Å². The molecular formula is C13H19ClN2O. The van der Waals surface area contributed by atoms with Gasteiger partial charge in [0.25, 0.3) is 0 Å². The van der Waals surface area contributed by atoms with E-state index in [0.29, 0.717) is 17.5 Å². The lowest BCUT2D eigenvalue weighted by molar-refractivity contribution is 0.251. The number of carbonyl (C=O) groups is 1. The van der Waals surface area contributed by atoms with Gasteiger partial charge in [0.05, 0.1) is 0 Å². The highest BCUT2D eigenvalue weighted by Crippen LogP contribution is 2.19. The van der Waals surface area contributed by atoms with Crippen LogP contribution < -0.4 is 10.6 Å². The van der Waals surface area contributed by atoms with Gasteiger partial charge in [-0.15, -0.1) is 0 Å². The third-order valence-corrected chi connectivity index (χ3v) is 2.68. The smallest absolute Gasteiger partial charge is 0.319 e. The molecule has 17 heavy (non-hydrogen) atoms. The molecule has 0 aliphatic rings. The first-order valence-corrected chi connectivity index (χ1v) is 6.18. The normalized spacial score (nSPS) is 10.4. The first-order chi connectivity index (χ1) is 7.99. The van der Waals surface area contributed by atoms with Crippen LogP contribution in [0.5, 0.6) is 0 Å². The van der Waals surface area contributed by atoms with Gasteiger partial charge >= 0.3 is 6.03 Å². The van der Waals surface area contributed by atoms with Gasteiger partial charge in [-0.3, -0.25) is 0 Å². The van der Waals surface area contributed by atoms with Gasteiger partial charge in [-0.1, -0.05) is 25.4 Å². The summed E-state index contributed by atoms with van der Waals surface area (Å²) < 4.78 is 0. The fourth-order valence-electron chi connectivity index (χ4n) is 1.41. The van der Waals surface area contributed by atoms with E-state index < -0.39 is 0 Å². The van der Waals surface area contributed by atoms with Crippen LogP contribution in [0.4, 0.5) is 10.5 Å². The average Bonchev–Trinajstić information content (AvgIpc) is 2.21. The summed E-state index contributed by atoms with van der Waals surface area (Å²) in [6.07, 6.45) is 0.979. The number of carbonyl (C=O) groups excluding carboxylic acids is 1. The molecule has 2 N–H and O–H groups in total. The van der Waals surface area contributed by atoms with Gasteiger partial charge in [-0.2, -0.15) is 0 Å². The molecule has 94 valence electrons. The van der Waals surface area contributed by atoms with Crippen molar-refractivity contribution in [3.8, 4) is 0 Å². The number of rotatable bonds is 4. The quantitative estimate of drug-likeness (QED) is 0.843. The molecule has 2 amide bonds. The Morgan fingerprint density at radius 3 is 2.71 bits per heavy atom. The maximum Gasteiger partial charge on any atom is 0.319 e. The zero-order chi connectivity index (χ0) is 12.8. The molecule has 0 aliphatic carbocycles. The van der Waals surface area contributed by atoms with Gasteiger partial charge in [0.1, 0.15) is 0 Å². The molecule has 3 nitrogen and oxygen atoms in total. The summed E-state index contributed by atoms with van der Waals surface area (Å²) in [7, 11) is 0. The number of nitrogens with one attached hydrogen (secondary N) is 2. The molecule has 1 aromatic carbocycles. The first-order valence-electron chi connectivity index (χ1n) is 5.80. The van der Waals surface area contributed by atoms with E-state index in [1.54, 1.807) is 12.1 Å². The number of hydrogen-bond acceptors (Lipinski definition) is 1. The lowest BCUT2D eigenvalue weighted by atomic mass is 10.1. The second-order valence-electron chi connectivity index (χ2n) is 4.52. The summed E-state index contributed by atoms with van der Waals surface area (Å²) in [4.78, 5) is 11.6. The van der Waals surface area contributed by atoms with Crippen molar-refractivity contribution >= 4 is 23.3 Å². The molecule has 0 saturated carbocycles. The van der Waals surface area contributed by atoms with Gasteiger partial charge in [-0.05, 0) is 43.0 Å². The second kappa shape index (κ2) is 6.50. The summed E-state index contributed by atoms with van der Waals surface area (Å²) in [5.74, 6) is 0.590. The van der Waals surface area contributed by atoms with E-state index >= 15 is 0 Å². The molecule has 0 atom stereocenters. The van der Waals surface area contributed by atoms with E-state index in [-0.39, 0.29) is 6.03 Å². The number of anilines is 1. The Balaban J connectivity index is 2.45. The number of amides is 2. The zero-order valence-electron chi connectivity index (χ0n) is 10.5. The van der Waals surface area contributed by atoms with Crippen LogP contribution in [0, 0.1) is 12.8 Å². The Morgan fingerprint density at radius 2 is 2.12 bits per heavy atom. The summed E-state index contributed by atoms with van der Waals surface area (Å²) in [6.45, 7) is 6.86. The molecule has 0 spiro atoms. The molecule has 1 rings (SSSR count). The van der Waals surface area contributed by atoms with Gasteiger partial charge in [0.15, 0.2) is 0 Å². The van der Waals surface area contributed by atoms with Gasteiger partial charge in [-0.25, -0.2) is 4.79 Å². The third kappa shape index (κ3) is 5.09. The van der Waals surface area contributed by atoms with Crippen LogP contribution in [0.15, 0.2) is 18.2 Å². The van der Waals surface area contributed by atoms with Crippen molar-refractivity contribution in [2.24, 2.45) is 5.92 Å². The Hall–Kier alpha value is -1.22. The zero-order valence-corrected chi connectivity index (χ0v) is 11.3. The molecule has 0 saturated heterocycles.